The van der Waals surface area contributed by atoms with E-state index >= 15 is 0 Å². The molecule has 1 aromatic rings. The molecule has 0 spiro atoms. The van der Waals surface area contributed by atoms with Crippen LogP contribution in [0.25, 0.3) is 0 Å². The van der Waals surface area contributed by atoms with Crippen LogP contribution in [0.4, 0.5) is 0 Å². The molecule has 1 aromatic carbocycles. The smallest absolute Gasteiger partial charge is 0.191 e. The zero-order valence-corrected chi connectivity index (χ0v) is 15.2. The van der Waals surface area contributed by atoms with Gasteiger partial charge in [0.1, 0.15) is 12.6 Å². The van der Waals surface area contributed by atoms with Crippen LogP contribution in [0.3, 0.4) is 0 Å². The predicted octanol–water partition coefficient (Wildman–Crippen LogP) is -0.630. The molecule has 0 heterocycles. The summed E-state index contributed by atoms with van der Waals surface area (Å²) >= 11 is 0. The van der Waals surface area contributed by atoms with E-state index in [1.165, 1.54) is 4.90 Å². The van der Waals surface area contributed by atoms with Gasteiger partial charge in [-0.2, -0.15) is 0 Å². The summed E-state index contributed by atoms with van der Waals surface area (Å²) in [5.74, 6) is 0.0914. The van der Waals surface area contributed by atoms with E-state index in [9.17, 15) is 4.79 Å². The minimum atomic E-state index is -0.326. The molecule has 0 amide bonds. The molecule has 0 saturated carbocycles. The van der Waals surface area contributed by atoms with E-state index in [1.54, 1.807) is 0 Å². The first-order chi connectivity index (χ1) is 9.97. The van der Waals surface area contributed by atoms with Gasteiger partial charge in [-0.15, -0.1) is 0 Å². The fraction of sp³-hybridized carbons (Fsp3) is 0.611. The third-order valence-corrected chi connectivity index (χ3v) is 3.91. The molecule has 1 atom stereocenters. The average Bonchev–Trinajstić information content (AvgIpc) is 2.47. The molecular formula is C18H30ClNO2. The van der Waals surface area contributed by atoms with Crippen molar-refractivity contribution in [1.29, 1.82) is 0 Å². The number of benzene rings is 1. The number of carbonyl (C=O) groups is 1. The van der Waals surface area contributed by atoms with Gasteiger partial charge in [0.05, 0.1) is 18.7 Å². The second-order valence-electron chi connectivity index (χ2n) is 6.13. The summed E-state index contributed by atoms with van der Waals surface area (Å²) in [4.78, 5) is 13.9. The number of ether oxygens (including phenoxy) is 1. The van der Waals surface area contributed by atoms with E-state index in [-0.39, 0.29) is 24.3 Å². The molecule has 126 valence electrons. The summed E-state index contributed by atoms with van der Waals surface area (Å²) in [5, 5.41) is 0. The Morgan fingerprint density at radius 3 is 2.09 bits per heavy atom. The topological polar surface area (TPSA) is 30.7 Å². The average molecular weight is 328 g/mol. The first kappa shape index (κ1) is 21.1. The highest BCUT2D eigenvalue weighted by Gasteiger charge is 2.21. The van der Waals surface area contributed by atoms with Crippen LogP contribution < -0.4 is 17.3 Å². The van der Waals surface area contributed by atoms with Crippen LogP contribution in [-0.4, -0.2) is 37.1 Å². The largest absolute Gasteiger partial charge is 1.00 e. The highest BCUT2D eigenvalue weighted by atomic mass is 35.5. The Bertz CT molecular complexity index is 412. The van der Waals surface area contributed by atoms with Crippen molar-refractivity contribution in [3.63, 3.8) is 0 Å². The van der Waals surface area contributed by atoms with Gasteiger partial charge in [0.2, 0.25) is 0 Å². The van der Waals surface area contributed by atoms with Gasteiger partial charge in [-0.3, -0.25) is 4.79 Å². The lowest BCUT2D eigenvalue weighted by Crippen LogP contribution is -3.18. The highest BCUT2D eigenvalue weighted by Crippen LogP contribution is 2.09. The van der Waals surface area contributed by atoms with Gasteiger partial charge in [-0.1, -0.05) is 37.3 Å². The van der Waals surface area contributed by atoms with Gasteiger partial charge in [0.15, 0.2) is 5.78 Å². The molecule has 0 radical (unpaired) electrons. The maximum Gasteiger partial charge on any atom is 0.191 e. The summed E-state index contributed by atoms with van der Waals surface area (Å²) in [6, 6.07) is 10.6. The molecular weight excluding hydrogens is 298 g/mol. The van der Waals surface area contributed by atoms with Crippen LogP contribution in [0, 0.1) is 0 Å². The van der Waals surface area contributed by atoms with E-state index in [0.717, 1.165) is 12.1 Å². The Hall–Kier alpha value is -0.900. The lowest BCUT2D eigenvalue weighted by Gasteiger charge is -2.28. The zero-order chi connectivity index (χ0) is 15.8. The van der Waals surface area contributed by atoms with Crippen LogP contribution in [0.15, 0.2) is 30.3 Å². The number of quaternary nitrogens is 1. The van der Waals surface area contributed by atoms with Crippen molar-refractivity contribution in [2.75, 3.05) is 13.2 Å². The molecule has 0 saturated heterocycles. The lowest BCUT2D eigenvalue weighted by atomic mass is 10.0. The maximum atomic E-state index is 12.4. The van der Waals surface area contributed by atoms with Crippen molar-refractivity contribution in [1.82, 2.24) is 0 Å². The van der Waals surface area contributed by atoms with Crippen molar-refractivity contribution >= 4 is 5.78 Å². The Balaban J connectivity index is 0.00000441. The van der Waals surface area contributed by atoms with E-state index in [2.05, 4.69) is 27.7 Å². The van der Waals surface area contributed by atoms with E-state index in [4.69, 9.17) is 4.74 Å². The molecule has 0 aliphatic rings. The number of hydrogen-bond acceptors (Lipinski definition) is 2. The fourth-order valence-electron chi connectivity index (χ4n) is 2.73. The summed E-state index contributed by atoms with van der Waals surface area (Å²) in [6.07, 6.45) is 0.389. The van der Waals surface area contributed by atoms with Crippen molar-refractivity contribution in [2.24, 2.45) is 0 Å². The third-order valence-electron chi connectivity index (χ3n) is 3.91. The molecule has 0 aliphatic carbocycles. The number of carbonyl (C=O) groups excluding carboxylic acids is 1. The summed E-state index contributed by atoms with van der Waals surface area (Å²) in [5.41, 5.74) is 0.737. The number of ketones is 1. The van der Waals surface area contributed by atoms with Gasteiger partial charge < -0.3 is 22.0 Å². The zero-order valence-electron chi connectivity index (χ0n) is 14.4. The Morgan fingerprint density at radius 2 is 1.64 bits per heavy atom. The molecule has 22 heavy (non-hydrogen) atoms. The molecule has 0 bridgehead atoms. The second kappa shape index (κ2) is 10.8. The minimum absolute atomic E-state index is 0. The first-order valence-corrected chi connectivity index (χ1v) is 8.03. The standard InChI is InChI=1S/C18H29NO2.ClH/c1-6-17(18(20)16-10-8-7-9-11-16)21-13-12-19(14(2)3)15(4)5;/h7-11,14-15,17H,6,12-13H2,1-5H3;1H. The summed E-state index contributed by atoms with van der Waals surface area (Å²) < 4.78 is 5.87. The molecule has 0 fully saturated rings. The van der Waals surface area contributed by atoms with Gasteiger partial charge in [-0.05, 0) is 34.1 Å². The van der Waals surface area contributed by atoms with Crippen LogP contribution >= 0.6 is 0 Å². The Labute approximate surface area is 141 Å². The van der Waals surface area contributed by atoms with Crippen molar-refractivity contribution in [3.05, 3.63) is 35.9 Å². The fourth-order valence-corrected chi connectivity index (χ4v) is 2.73. The predicted molar refractivity (Wildman–Crippen MR) is 86.9 cm³/mol. The van der Waals surface area contributed by atoms with Crippen LogP contribution in [-0.2, 0) is 4.74 Å². The van der Waals surface area contributed by atoms with Crippen molar-refractivity contribution in [2.45, 2.75) is 59.2 Å². The van der Waals surface area contributed by atoms with Crippen molar-refractivity contribution in [3.8, 4) is 0 Å². The third kappa shape index (κ3) is 6.47. The normalized spacial score (nSPS) is 12.5. The quantitative estimate of drug-likeness (QED) is 0.612. The van der Waals surface area contributed by atoms with Crippen LogP contribution in [0.2, 0.25) is 0 Å². The van der Waals surface area contributed by atoms with Gasteiger partial charge >= 0.3 is 0 Å². The minimum Gasteiger partial charge on any atom is -1.00 e. The second-order valence-corrected chi connectivity index (χ2v) is 6.13. The Morgan fingerprint density at radius 1 is 1.09 bits per heavy atom. The highest BCUT2D eigenvalue weighted by molar-refractivity contribution is 5.99. The number of hydrogen-bond donors (Lipinski definition) is 1. The molecule has 1 rings (SSSR count). The van der Waals surface area contributed by atoms with E-state index in [1.807, 2.05) is 37.3 Å². The monoisotopic (exact) mass is 327 g/mol. The van der Waals surface area contributed by atoms with Crippen LogP contribution in [0.1, 0.15) is 51.4 Å². The van der Waals surface area contributed by atoms with Gasteiger partial charge in [0.25, 0.3) is 0 Å². The number of rotatable bonds is 9. The SMILES string of the molecule is CCC(OCC[NH+](C(C)C)C(C)C)C(=O)c1ccccc1.[Cl-]. The summed E-state index contributed by atoms with van der Waals surface area (Å²) in [7, 11) is 0. The molecule has 0 aliphatic heterocycles. The van der Waals surface area contributed by atoms with Gasteiger partial charge in [0, 0.05) is 5.56 Å². The van der Waals surface area contributed by atoms with Crippen molar-refractivity contribution < 1.29 is 26.8 Å². The van der Waals surface area contributed by atoms with E-state index < -0.39 is 0 Å². The van der Waals surface area contributed by atoms with Crippen LogP contribution in [0.5, 0.6) is 0 Å². The molecule has 3 nitrogen and oxygen atoms in total. The molecule has 1 unspecified atom stereocenters. The molecule has 1 N–H and O–H groups in total. The lowest BCUT2D eigenvalue weighted by molar-refractivity contribution is -0.942. The number of halogens is 1. The van der Waals surface area contributed by atoms with Gasteiger partial charge in [-0.25, -0.2) is 0 Å². The number of Topliss-reactive ketones (excluding diaryl/α,β-unsaturated/α-hetero) is 1. The van der Waals surface area contributed by atoms with E-state index in [0.29, 0.717) is 25.1 Å². The summed E-state index contributed by atoms with van der Waals surface area (Å²) in [6.45, 7) is 12.5. The number of nitrogens with one attached hydrogen (secondary N) is 1. The first-order valence-electron chi connectivity index (χ1n) is 8.03. The Kier molecular flexibility index (Phi) is 10.3. The maximum absolute atomic E-state index is 12.4. The molecule has 0 aromatic heterocycles. The molecule has 4 heteroatoms.